The van der Waals surface area contributed by atoms with E-state index in [0.29, 0.717) is 6.42 Å². The summed E-state index contributed by atoms with van der Waals surface area (Å²) in [5.74, 6) is -0.820. The van der Waals surface area contributed by atoms with E-state index in [-0.39, 0.29) is 32.0 Å². The van der Waals surface area contributed by atoms with Crippen LogP contribution in [0.3, 0.4) is 0 Å². The summed E-state index contributed by atoms with van der Waals surface area (Å²) in [6.45, 7) is 3.31. The second-order valence-corrected chi connectivity index (χ2v) is 13.7. The molecule has 1 rings (SSSR count). The van der Waals surface area contributed by atoms with Crippen molar-refractivity contribution in [3.05, 3.63) is 24.3 Å². The molecule has 1 aliphatic rings. The minimum absolute atomic E-state index is 0.218. The zero-order chi connectivity index (χ0) is 36.7. The van der Waals surface area contributed by atoms with Crippen LogP contribution < -0.4 is 0 Å². The maximum Gasteiger partial charge on any atom is 0.306 e. The third-order valence-corrected chi connectivity index (χ3v) is 9.09. The molecule has 6 atom stereocenters. The second kappa shape index (κ2) is 31.9. The Balaban J connectivity index is 2.30. The molecule has 1 fully saturated rings. The van der Waals surface area contributed by atoms with Crippen LogP contribution in [0.4, 0.5) is 0 Å². The van der Waals surface area contributed by atoms with E-state index in [1.807, 2.05) is 0 Å². The van der Waals surface area contributed by atoms with Crippen LogP contribution in [0.2, 0.25) is 0 Å². The molecule has 292 valence electrons. The number of carbonyl (C=O) groups excluding carboxylic acids is 2. The molecule has 0 aromatic rings. The number of aliphatic hydroxyl groups excluding tert-OH is 4. The predicted octanol–water partition coefficient (Wildman–Crippen LogP) is 7.38. The van der Waals surface area contributed by atoms with Gasteiger partial charge in [0.2, 0.25) is 0 Å². The molecule has 1 heterocycles. The number of carbonyl (C=O) groups is 2. The van der Waals surface area contributed by atoms with Crippen molar-refractivity contribution >= 4 is 11.9 Å². The Morgan fingerprint density at radius 2 is 1.12 bits per heavy atom. The van der Waals surface area contributed by atoms with E-state index in [1.165, 1.54) is 64.2 Å². The summed E-state index contributed by atoms with van der Waals surface area (Å²) >= 11 is 0. The van der Waals surface area contributed by atoms with Crippen molar-refractivity contribution in [3.63, 3.8) is 0 Å². The van der Waals surface area contributed by atoms with Crippen LogP contribution >= 0.6 is 0 Å². The Kier molecular flexibility index (Phi) is 29.5. The van der Waals surface area contributed by atoms with Gasteiger partial charge in [0.05, 0.1) is 13.2 Å². The van der Waals surface area contributed by atoms with Gasteiger partial charge in [-0.3, -0.25) is 9.59 Å². The van der Waals surface area contributed by atoms with Crippen molar-refractivity contribution in [2.45, 2.75) is 198 Å². The summed E-state index contributed by atoms with van der Waals surface area (Å²) in [6.07, 6.45) is 25.0. The highest BCUT2D eigenvalue weighted by Gasteiger charge is 2.44. The quantitative estimate of drug-likeness (QED) is 0.0316. The first-order chi connectivity index (χ1) is 24.3. The van der Waals surface area contributed by atoms with Crippen molar-refractivity contribution in [3.8, 4) is 0 Å². The summed E-state index contributed by atoms with van der Waals surface area (Å²) in [5.41, 5.74) is 0. The normalized spacial score (nSPS) is 21.6. The van der Waals surface area contributed by atoms with Gasteiger partial charge in [0.15, 0.2) is 12.4 Å². The Hall–Kier alpha value is -1.82. The Morgan fingerprint density at radius 1 is 0.620 bits per heavy atom. The van der Waals surface area contributed by atoms with Crippen LogP contribution in [0.1, 0.15) is 162 Å². The summed E-state index contributed by atoms with van der Waals surface area (Å²) in [4.78, 5) is 25.0. The average molecular weight is 713 g/mol. The molecule has 0 aliphatic carbocycles. The van der Waals surface area contributed by atoms with Crippen molar-refractivity contribution in [2.24, 2.45) is 0 Å². The van der Waals surface area contributed by atoms with E-state index < -0.39 is 49.4 Å². The lowest BCUT2D eigenvalue weighted by atomic mass is 9.99. The zero-order valence-corrected chi connectivity index (χ0v) is 31.4. The maximum absolute atomic E-state index is 12.7. The smallest absolute Gasteiger partial charge is 0.306 e. The van der Waals surface area contributed by atoms with Crippen LogP contribution in [0.15, 0.2) is 24.3 Å². The van der Waals surface area contributed by atoms with Gasteiger partial charge in [-0.2, -0.15) is 0 Å². The Morgan fingerprint density at radius 3 is 1.70 bits per heavy atom. The minimum Gasteiger partial charge on any atom is -0.462 e. The maximum atomic E-state index is 12.7. The third kappa shape index (κ3) is 23.6. The summed E-state index contributed by atoms with van der Waals surface area (Å²) in [6, 6.07) is 0. The molecule has 6 unspecified atom stereocenters. The van der Waals surface area contributed by atoms with Gasteiger partial charge in [0, 0.05) is 12.8 Å². The van der Waals surface area contributed by atoms with E-state index in [2.05, 4.69) is 38.2 Å². The fourth-order valence-corrected chi connectivity index (χ4v) is 5.86. The fourth-order valence-electron chi connectivity index (χ4n) is 5.86. The molecule has 0 bridgehead atoms. The molecular formula is C40H72O10. The lowest BCUT2D eigenvalue weighted by molar-refractivity contribution is -0.305. The number of hydrogen-bond donors (Lipinski definition) is 4. The number of esters is 2. The van der Waals surface area contributed by atoms with Gasteiger partial charge in [-0.05, 0) is 44.9 Å². The van der Waals surface area contributed by atoms with E-state index in [4.69, 9.17) is 18.9 Å². The van der Waals surface area contributed by atoms with Gasteiger partial charge in [0.1, 0.15) is 31.0 Å². The third-order valence-electron chi connectivity index (χ3n) is 9.09. The van der Waals surface area contributed by atoms with E-state index in [0.717, 1.165) is 64.2 Å². The molecule has 1 saturated heterocycles. The molecule has 0 amide bonds. The zero-order valence-electron chi connectivity index (χ0n) is 31.4. The number of hydrogen-bond acceptors (Lipinski definition) is 10. The highest BCUT2D eigenvalue weighted by molar-refractivity contribution is 5.70. The molecule has 0 saturated carbocycles. The summed E-state index contributed by atoms with van der Waals surface area (Å²) in [5, 5.41) is 39.8. The minimum atomic E-state index is -1.59. The van der Waals surface area contributed by atoms with Crippen LogP contribution in [-0.2, 0) is 28.5 Å². The number of allylic oxidation sites excluding steroid dienone is 4. The van der Waals surface area contributed by atoms with Gasteiger partial charge >= 0.3 is 11.9 Å². The van der Waals surface area contributed by atoms with E-state index in [9.17, 15) is 30.0 Å². The highest BCUT2D eigenvalue weighted by atomic mass is 16.7. The topological polar surface area (TPSA) is 152 Å². The van der Waals surface area contributed by atoms with Crippen LogP contribution in [0, 0.1) is 0 Å². The van der Waals surface area contributed by atoms with Gasteiger partial charge in [0.25, 0.3) is 0 Å². The first kappa shape index (κ1) is 46.2. The number of aliphatic hydroxyl groups is 4. The SMILES string of the molecule is CCCCC/C=C\C/C=C\CCCCCCCCCCCC(=O)OC(COC(=O)CCCCCCCC)COC1OC(CO)C(O)C(O)C1O. The molecule has 0 aromatic heterocycles. The number of ether oxygens (including phenoxy) is 4. The van der Waals surface area contributed by atoms with Gasteiger partial charge in [-0.25, -0.2) is 0 Å². The van der Waals surface area contributed by atoms with Gasteiger partial charge in [-0.1, -0.05) is 128 Å². The van der Waals surface area contributed by atoms with Crippen LogP contribution in [-0.4, -0.2) is 89.0 Å². The Bertz CT molecular complexity index is 876. The summed E-state index contributed by atoms with van der Waals surface area (Å²) < 4.78 is 22.0. The van der Waals surface area contributed by atoms with Crippen LogP contribution in [0.5, 0.6) is 0 Å². The van der Waals surface area contributed by atoms with Crippen molar-refractivity contribution in [1.82, 2.24) is 0 Å². The molecule has 10 heteroatoms. The molecule has 0 radical (unpaired) electrons. The lowest BCUT2D eigenvalue weighted by Gasteiger charge is -2.39. The van der Waals surface area contributed by atoms with E-state index >= 15 is 0 Å². The standard InChI is InChI=1S/C40H72O10/c1-3-5-7-9-11-12-13-14-15-16-17-18-19-20-21-22-23-25-27-29-36(43)49-33(31-47-35(42)28-26-24-10-8-6-4-2)32-48-40-39(46)38(45)37(44)34(30-41)50-40/h11-12,14-15,33-34,37-41,44-46H,3-10,13,16-32H2,1-2H3/b12-11-,15-14-. The van der Waals surface area contributed by atoms with Crippen molar-refractivity contribution < 1.29 is 49.0 Å². The van der Waals surface area contributed by atoms with E-state index in [1.54, 1.807) is 0 Å². The summed E-state index contributed by atoms with van der Waals surface area (Å²) in [7, 11) is 0. The van der Waals surface area contributed by atoms with Crippen molar-refractivity contribution in [2.75, 3.05) is 19.8 Å². The second-order valence-electron chi connectivity index (χ2n) is 13.7. The first-order valence-electron chi connectivity index (χ1n) is 19.9. The molecule has 0 spiro atoms. The largest absolute Gasteiger partial charge is 0.462 e. The molecule has 0 aromatic carbocycles. The fraction of sp³-hybridized carbons (Fsp3) is 0.850. The first-order valence-corrected chi connectivity index (χ1v) is 19.9. The molecular weight excluding hydrogens is 640 g/mol. The Labute approximate surface area is 303 Å². The number of unbranched alkanes of at least 4 members (excludes halogenated alkanes) is 17. The molecule has 4 N–H and O–H groups in total. The average Bonchev–Trinajstić information content (AvgIpc) is 3.11. The highest BCUT2D eigenvalue weighted by Crippen LogP contribution is 2.22. The predicted molar refractivity (Wildman–Crippen MR) is 196 cm³/mol. The van der Waals surface area contributed by atoms with Gasteiger partial charge in [-0.15, -0.1) is 0 Å². The molecule has 1 aliphatic heterocycles. The number of rotatable bonds is 32. The van der Waals surface area contributed by atoms with Gasteiger partial charge < -0.3 is 39.4 Å². The lowest BCUT2D eigenvalue weighted by Crippen LogP contribution is -2.59. The van der Waals surface area contributed by atoms with Crippen molar-refractivity contribution in [1.29, 1.82) is 0 Å². The molecule has 50 heavy (non-hydrogen) atoms. The van der Waals surface area contributed by atoms with Crippen LogP contribution in [0.25, 0.3) is 0 Å². The molecule has 10 nitrogen and oxygen atoms in total. The monoisotopic (exact) mass is 713 g/mol.